The Bertz CT molecular complexity index is 1620. The molecule has 0 unspecified atom stereocenters. The molecule has 0 fully saturated rings. The largest absolute Gasteiger partial charge is 0.354 e. The topological polar surface area (TPSA) is 79.7 Å². The third-order valence-electron chi connectivity index (χ3n) is 7.28. The molecule has 2 aromatic heterocycles. The van der Waals surface area contributed by atoms with Gasteiger partial charge in [-0.15, -0.1) is 5.10 Å². The third-order valence-corrected chi connectivity index (χ3v) is 7.28. The Morgan fingerprint density at radius 3 is 2.58 bits per heavy atom. The first-order chi connectivity index (χ1) is 17.5. The van der Waals surface area contributed by atoms with Gasteiger partial charge in [-0.3, -0.25) is 4.79 Å². The summed E-state index contributed by atoms with van der Waals surface area (Å²) < 4.78 is 1.82. The van der Waals surface area contributed by atoms with E-state index in [1.54, 1.807) is 0 Å². The number of pyridine rings is 1. The van der Waals surface area contributed by atoms with Gasteiger partial charge in [0.2, 0.25) is 0 Å². The second-order valence-corrected chi connectivity index (χ2v) is 9.71. The van der Waals surface area contributed by atoms with E-state index in [0.29, 0.717) is 17.9 Å². The van der Waals surface area contributed by atoms with Gasteiger partial charge in [-0.05, 0) is 72.0 Å². The zero-order valence-corrected chi connectivity index (χ0v) is 20.6. The zero-order chi connectivity index (χ0) is 24.8. The fourth-order valence-corrected chi connectivity index (χ4v) is 5.47. The molecule has 3 aromatic carbocycles. The summed E-state index contributed by atoms with van der Waals surface area (Å²) in [5.41, 5.74) is 7.04. The average molecular weight is 477 g/mol. The highest BCUT2D eigenvalue weighted by Gasteiger charge is 2.38. The van der Waals surface area contributed by atoms with Gasteiger partial charge >= 0.3 is 0 Å². The van der Waals surface area contributed by atoms with Crippen molar-refractivity contribution in [1.29, 1.82) is 0 Å². The lowest BCUT2D eigenvalue weighted by atomic mass is 9.99. The summed E-state index contributed by atoms with van der Waals surface area (Å²) in [7, 11) is 0. The molecular formula is C29H28N6O. The van der Waals surface area contributed by atoms with Crippen LogP contribution in [0.1, 0.15) is 46.6 Å². The first-order valence-electron chi connectivity index (χ1n) is 12.3. The molecule has 1 aliphatic rings. The van der Waals surface area contributed by atoms with Crippen molar-refractivity contribution < 1.29 is 0 Å². The second kappa shape index (κ2) is 8.75. The molecule has 1 N–H and O–H groups in total. The van der Waals surface area contributed by atoms with E-state index in [0.717, 1.165) is 39.7 Å². The Hall–Kier alpha value is -4.26. The highest BCUT2D eigenvalue weighted by molar-refractivity contribution is 5.85. The van der Waals surface area contributed by atoms with Gasteiger partial charge in [-0.1, -0.05) is 60.7 Å². The van der Waals surface area contributed by atoms with E-state index in [1.807, 2.05) is 48.0 Å². The summed E-state index contributed by atoms with van der Waals surface area (Å²) in [5, 5.41) is 14.0. The fraction of sp³-hybridized carbons (Fsp3) is 0.241. The van der Waals surface area contributed by atoms with Crippen molar-refractivity contribution in [3.05, 3.63) is 117 Å². The lowest BCUT2D eigenvalue weighted by Crippen LogP contribution is -2.39. The molecule has 180 valence electrons. The van der Waals surface area contributed by atoms with Crippen LogP contribution in [0, 0.1) is 13.8 Å². The Balaban J connectivity index is 1.58. The monoisotopic (exact) mass is 476 g/mol. The second-order valence-electron chi connectivity index (χ2n) is 9.71. The van der Waals surface area contributed by atoms with Crippen LogP contribution in [0.2, 0.25) is 0 Å². The molecule has 0 amide bonds. The predicted octanol–water partition coefficient (Wildman–Crippen LogP) is 4.72. The summed E-state index contributed by atoms with van der Waals surface area (Å²) in [4.78, 5) is 19.2. The van der Waals surface area contributed by atoms with Gasteiger partial charge in [-0.2, -0.15) is 0 Å². The van der Waals surface area contributed by atoms with Crippen LogP contribution in [0.15, 0.2) is 77.6 Å². The molecule has 7 nitrogen and oxygen atoms in total. The number of benzene rings is 3. The van der Waals surface area contributed by atoms with Crippen LogP contribution in [0.25, 0.3) is 10.9 Å². The molecule has 0 spiro atoms. The van der Waals surface area contributed by atoms with E-state index >= 15 is 0 Å². The quantitative estimate of drug-likeness (QED) is 0.397. The first kappa shape index (κ1) is 22.2. The summed E-state index contributed by atoms with van der Waals surface area (Å²) >= 11 is 0. The first-order valence-corrected chi connectivity index (χ1v) is 12.3. The Morgan fingerprint density at radius 2 is 1.75 bits per heavy atom. The minimum Gasteiger partial charge on any atom is -0.354 e. The van der Waals surface area contributed by atoms with Crippen LogP contribution in [0.3, 0.4) is 0 Å². The van der Waals surface area contributed by atoms with Crippen LogP contribution in [-0.4, -0.2) is 31.2 Å². The molecule has 36 heavy (non-hydrogen) atoms. The van der Waals surface area contributed by atoms with E-state index in [-0.39, 0.29) is 11.6 Å². The number of para-hydroxylation sites is 1. The van der Waals surface area contributed by atoms with Crippen molar-refractivity contribution >= 4 is 16.6 Å². The number of rotatable bonds is 5. The molecule has 0 saturated heterocycles. The lowest BCUT2D eigenvalue weighted by Gasteiger charge is -2.33. The molecule has 0 aliphatic carbocycles. The molecule has 5 aromatic rings. The van der Waals surface area contributed by atoms with Crippen LogP contribution in [0.4, 0.5) is 5.69 Å². The van der Waals surface area contributed by atoms with Crippen LogP contribution >= 0.6 is 0 Å². The summed E-state index contributed by atoms with van der Waals surface area (Å²) in [6, 6.07) is 24.4. The maximum absolute atomic E-state index is 13.7. The van der Waals surface area contributed by atoms with Crippen LogP contribution in [-0.2, 0) is 13.0 Å². The molecule has 7 heteroatoms. The number of anilines is 1. The van der Waals surface area contributed by atoms with E-state index in [4.69, 9.17) is 0 Å². The maximum atomic E-state index is 13.7. The number of tetrazole rings is 1. The number of aryl methyl sites for hydroxylation is 2. The fourth-order valence-electron chi connectivity index (χ4n) is 5.47. The lowest BCUT2D eigenvalue weighted by molar-refractivity contribution is 0.544. The number of aromatic amines is 1. The third kappa shape index (κ3) is 3.68. The SMILES string of the molecule is Cc1ccc(C)c2[nH]c(=O)c([C@H](c3nnnn3Cc3ccccc3)N3c4ccccc4C[C@@H]3C)cc12. The van der Waals surface area contributed by atoms with Gasteiger partial charge in [0, 0.05) is 22.7 Å². The average Bonchev–Trinajstić information content (AvgIpc) is 3.47. The molecule has 2 atom stereocenters. The van der Waals surface area contributed by atoms with E-state index in [2.05, 4.69) is 75.7 Å². The number of nitrogens with one attached hydrogen (secondary N) is 1. The van der Waals surface area contributed by atoms with Crippen molar-refractivity contribution in [3.8, 4) is 0 Å². The van der Waals surface area contributed by atoms with E-state index < -0.39 is 6.04 Å². The normalized spacial score (nSPS) is 15.9. The molecule has 6 rings (SSSR count). The molecule has 3 heterocycles. The summed E-state index contributed by atoms with van der Waals surface area (Å²) in [5.74, 6) is 0.651. The molecule has 1 aliphatic heterocycles. The summed E-state index contributed by atoms with van der Waals surface area (Å²) in [6.07, 6.45) is 0.899. The highest BCUT2D eigenvalue weighted by Crippen LogP contribution is 2.41. The number of H-pyrrole nitrogens is 1. The van der Waals surface area contributed by atoms with Crippen molar-refractivity contribution in [3.63, 3.8) is 0 Å². The van der Waals surface area contributed by atoms with E-state index in [9.17, 15) is 4.79 Å². The standard InChI is InChI=1S/C29H28N6O/c1-18-13-14-19(2)26-23(18)16-24(29(36)30-26)27(35-20(3)15-22-11-7-8-12-25(22)35)28-31-32-33-34(28)17-21-9-5-4-6-10-21/h4-14,16,20,27H,15,17H2,1-3H3,(H,30,36)/t20-,27+/m0/s1. The van der Waals surface area contributed by atoms with Gasteiger partial charge in [0.15, 0.2) is 5.82 Å². The van der Waals surface area contributed by atoms with Gasteiger partial charge < -0.3 is 9.88 Å². The minimum atomic E-state index is -0.449. The Kier molecular flexibility index (Phi) is 5.40. The van der Waals surface area contributed by atoms with Gasteiger partial charge in [-0.25, -0.2) is 4.68 Å². The van der Waals surface area contributed by atoms with Crippen molar-refractivity contribution in [2.45, 2.75) is 45.8 Å². The molecular weight excluding hydrogens is 448 g/mol. The van der Waals surface area contributed by atoms with Gasteiger partial charge in [0.05, 0.1) is 12.1 Å². The molecule has 0 bridgehead atoms. The zero-order valence-electron chi connectivity index (χ0n) is 20.6. The molecule has 0 saturated carbocycles. The van der Waals surface area contributed by atoms with Crippen molar-refractivity contribution in [1.82, 2.24) is 25.2 Å². The van der Waals surface area contributed by atoms with Gasteiger partial charge in [0.1, 0.15) is 6.04 Å². The number of fused-ring (bicyclic) bond motifs is 2. The van der Waals surface area contributed by atoms with Gasteiger partial charge in [0.25, 0.3) is 5.56 Å². The maximum Gasteiger partial charge on any atom is 0.254 e. The summed E-state index contributed by atoms with van der Waals surface area (Å²) in [6.45, 7) is 6.82. The van der Waals surface area contributed by atoms with Crippen molar-refractivity contribution in [2.75, 3.05) is 4.90 Å². The molecule has 0 radical (unpaired) electrons. The minimum absolute atomic E-state index is 0.118. The van der Waals surface area contributed by atoms with Crippen molar-refractivity contribution in [2.24, 2.45) is 0 Å². The number of nitrogens with zero attached hydrogens (tertiary/aromatic N) is 5. The Morgan fingerprint density at radius 1 is 1.00 bits per heavy atom. The number of hydrogen-bond acceptors (Lipinski definition) is 5. The highest BCUT2D eigenvalue weighted by atomic mass is 16.1. The smallest absolute Gasteiger partial charge is 0.254 e. The number of aromatic nitrogens is 5. The Labute approximate surface area is 209 Å². The van der Waals surface area contributed by atoms with E-state index in [1.165, 1.54) is 5.56 Å². The predicted molar refractivity (Wildman–Crippen MR) is 141 cm³/mol. The van der Waals surface area contributed by atoms with Crippen LogP contribution < -0.4 is 10.5 Å². The number of hydrogen-bond donors (Lipinski definition) is 1. The van der Waals surface area contributed by atoms with Crippen LogP contribution in [0.5, 0.6) is 0 Å².